The van der Waals surface area contributed by atoms with E-state index in [1.54, 1.807) is 0 Å². The highest BCUT2D eigenvalue weighted by Gasteiger charge is 2.47. The van der Waals surface area contributed by atoms with Gasteiger partial charge in [-0.15, -0.1) is 0 Å². The van der Waals surface area contributed by atoms with Crippen molar-refractivity contribution in [1.29, 1.82) is 0 Å². The molecule has 1 spiro atoms. The maximum absolute atomic E-state index is 11.8. The van der Waals surface area contributed by atoms with Gasteiger partial charge in [0.2, 0.25) is 5.95 Å². The van der Waals surface area contributed by atoms with Crippen LogP contribution in [0.4, 0.5) is 5.95 Å². The minimum Gasteiger partial charge on any atom is -0.490 e. The monoisotopic (exact) mass is 569 g/mol. The zero-order valence-corrected chi connectivity index (χ0v) is 24.4. The van der Waals surface area contributed by atoms with E-state index >= 15 is 0 Å². The van der Waals surface area contributed by atoms with Crippen LogP contribution in [0, 0.1) is 0 Å². The van der Waals surface area contributed by atoms with Crippen molar-refractivity contribution >= 4 is 23.4 Å². The molecule has 0 bridgehead atoms. The fraction of sp³-hybridized carbons (Fsp3) is 0.452. The first kappa shape index (κ1) is 26.9. The van der Waals surface area contributed by atoms with Crippen molar-refractivity contribution in [3.05, 3.63) is 60.2 Å². The SMILES string of the molecule is C[C@@H]1CN(c2ncc(-c3ccc4nc5n(c4n3)C3(COC5)COc4ccccc43)cn2)CCN1C(C=O)OC(C)(C)C. The fourth-order valence-electron chi connectivity index (χ4n) is 6.33. The van der Waals surface area contributed by atoms with E-state index in [-0.39, 0.29) is 6.04 Å². The summed E-state index contributed by atoms with van der Waals surface area (Å²) < 4.78 is 20.3. The first-order chi connectivity index (χ1) is 20.3. The van der Waals surface area contributed by atoms with Crippen molar-refractivity contribution < 1.29 is 19.0 Å². The lowest BCUT2D eigenvalue weighted by atomic mass is 9.91. The van der Waals surface area contributed by atoms with Crippen molar-refractivity contribution in [3.8, 4) is 17.0 Å². The predicted octanol–water partition coefficient (Wildman–Crippen LogP) is 3.41. The summed E-state index contributed by atoms with van der Waals surface area (Å²) in [5.41, 5.74) is 3.38. The van der Waals surface area contributed by atoms with Crippen LogP contribution in [0.3, 0.4) is 0 Å². The third-order valence-corrected chi connectivity index (χ3v) is 8.24. The third-order valence-electron chi connectivity index (χ3n) is 8.24. The van der Waals surface area contributed by atoms with Crippen molar-refractivity contribution in [2.75, 3.05) is 37.7 Å². The number of benzene rings is 1. The summed E-state index contributed by atoms with van der Waals surface area (Å²) in [5.74, 6) is 2.36. The largest absolute Gasteiger partial charge is 0.490 e. The average molecular weight is 570 g/mol. The number of piperazine rings is 1. The summed E-state index contributed by atoms with van der Waals surface area (Å²) in [6.07, 6.45) is 3.96. The first-order valence-electron chi connectivity index (χ1n) is 14.4. The van der Waals surface area contributed by atoms with Gasteiger partial charge < -0.3 is 19.1 Å². The maximum atomic E-state index is 11.8. The van der Waals surface area contributed by atoms with Crippen LogP contribution in [-0.4, -0.2) is 86.4 Å². The number of nitrogens with zero attached hydrogens (tertiary/aromatic N) is 7. The van der Waals surface area contributed by atoms with Gasteiger partial charge in [-0.25, -0.2) is 19.9 Å². The highest BCUT2D eigenvalue weighted by Crippen LogP contribution is 2.44. The molecule has 42 heavy (non-hydrogen) atoms. The van der Waals surface area contributed by atoms with Crippen LogP contribution in [0.2, 0.25) is 0 Å². The number of carbonyl (C=O) groups is 1. The number of rotatable bonds is 5. The molecule has 218 valence electrons. The number of aldehydes is 1. The number of pyridine rings is 1. The van der Waals surface area contributed by atoms with Crippen molar-refractivity contribution in [2.45, 2.75) is 57.7 Å². The Morgan fingerprint density at radius 1 is 1.07 bits per heavy atom. The number of para-hydroxylation sites is 1. The average Bonchev–Trinajstić information content (AvgIpc) is 3.55. The molecule has 3 atom stereocenters. The lowest BCUT2D eigenvalue weighted by Gasteiger charge is -2.43. The molecular formula is C31H35N7O4. The van der Waals surface area contributed by atoms with E-state index in [4.69, 9.17) is 34.1 Å². The Balaban J connectivity index is 1.14. The standard InChI is InChI=1S/C31H35N7O4/c1-20-15-36(11-12-37(20)27(16-39)42-30(2,3)4)29-32-13-21(14-33-29)23-9-10-24-28(35-23)38-26(34-24)17-40-18-31(38)19-41-25-8-6-5-7-22(25)31/h5-10,13-14,16,20,27H,11-12,15,17-19H2,1-4H3/t20-,27?,31?/m1/s1. The van der Waals surface area contributed by atoms with Gasteiger partial charge >= 0.3 is 0 Å². The zero-order chi connectivity index (χ0) is 29.1. The molecule has 6 heterocycles. The van der Waals surface area contributed by atoms with Crippen LogP contribution in [-0.2, 0) is 26.4 Å². The number of carbonyl (C=O) groups excluding carboxylic acids is 1. The van der Waals surface area contributed by atoms with Gasteiger partial charge in [0.05, 0.1) is 17.9 Å². The third kappa shape index (κ3) is 4.52. The Hall–Kier alpha value is -3.93. The van der Waals surface area contributed by atoms with Gasteiger partial charge in [0, 0.05) is 49.2 Å². The second-order valence-corrected chi connectivity index (χ2v) is 12.3. The molecule has 3 aliphatic heterocycles. The van der Waals surface area contributed by atoms with Crippen molar-refractivity contribution in [3.63, 3.8) is 0 Å². The molecule has 0 radical (unpaired) electrons. The van der Waals surface area contributed by atoms with Crippen LogP contribution < -0.4 is 9.64 Å². The van der Waals surface area contributed by atoms with Gasteiger partial charge in [-0.1, -0.05) is 18.2 Å². The van der Waals surface area contributed by atoms with E-state index in [1.807, 2.05) is 63.5 Å². The summed E-state index contributed by atoms with van der Waals surface area (Å²) in [5, 5.41) is 0. The molecule has 7 rings (SSSR count). The van der Waals surface area contributed by atoms with E-state index in [1.165, 1.54) is 0 Å². The molecule has 3 aromatic heterocycles. The minimum absolute atomic E-state index is 0.0951. The van der Waals surface area contributed by atoms with E-state index in [2.05, 4.69) is 27.4 Å². The molecule has 0 aliphatic carbocycles. The lowest BCUT2D eigenvalue weighted by Crippen LogP contribution is -2.58. The number of hydrogen-bond donors (Lipinski definition) is 0. The number of anilines is 1. The predicted molar refractivity (Wildman–Crippen MR) is 156 cm³/mol. The molecular weight excluding hydrogens is 534 g/mol. The zero-order valence-electron chi connectivity index (χ0n) is 24.4. The Morgan fingerprint density at radius 2 is 1.88 bits per heavy atom. The van der Waals surface area contributed by atoms with Crippen LogP contribution in [0.5, 0.6) is 5.75 Å². The fourth-order valence-corrected chi connectivity index (χ4v) is 6.33. The van der Waals surface area contributed by atoms with Gasteiger partial charge in [0.1, 0.15) is 35.8 Å². The minimum atomic E-state index is -0.573. The topological polar surface area (TPSA) is 108 Å². The van der Waals surface area contributed by atoms with Crippen LogP contribution in [0.1, 0.15) is 39.1 Å². The highest BCUT2D eigenvalue weighted by atomic mass is 16.5. The number of aromatic nitrogens is 5. The Morgan fingerprint density at radius 3 is 2.64 bits per heavy atom. The van der Waals surface area contributed by atoms with Gasteiger partial charge in [0.25, 0.3) is 0 Å². The smallest absolute Gasteiger partial charge is 0.225 e. The summed E-state index contributed by atoms with van der Waals surface area (Å²) >= 11 is 0. The molecule has 0 N–H and O–H groups in total. The number of ether oxygens (including phenoxy) is 3. The molecule has 0 saturated carbocycles. The van der Waals surface area contributed by atoms with Crippen molar-refractivity contribution in [1.82, 2.24) is 29.4 Å². The molecule has 1 saturated heterocycles. The Labute approximate surface area is 244 Å². The Bertz CT molecular complexity index is 1630. The van der Waals surface area contributed by atoms with E-state index in [0.29, 0.717) is 45.4 Å². The summed E-state index contributed by atoms with van der Waals surface area (Å²) in [4.78, 5) is 35.4. The molecule has 3 aliphatic rings. The second-order valence-electron chi connectivity index (χ2n) is 12.3. The molecule has 2 unspecified atom stereocenters. The molecule has 1 aromatic carbocycles. The Kier molecular flexibility index (Phi) is 6.48. The van der Waals surface area contributed by atoms with E-state index < -0.39 is 17.4 Å². The number of imidazole rings is 1. The summed E-state index contributed by atoms with van der Waals surface area (Å²) in [6, 6.07) is 12.2. The molecule has 4 aromatic rings. The van der Waals surface area contributed by atoms with E-state index in [0.717, 1.165) is 45.8 Å². The van der Waals surface area contributed by atoms with Crippen LogP contribution in [0.15, 0.2) is 48.8 Å². The first-order valence-corrected chi connectivity index (χ1v) is 14.4. The molecule has 1 fully saturated rings. The molecule has 11 heteroatoms. The van der Waals surface area contributed by atoms with Gasteiger partial charge in [-0.3, -0.25) is 14.3 Å². The number of hydrogen-bond acceptors (Lipinski definition) is 10. The van der Waals surface area contributed by atoms with Crippen LogP contribution in [0.25, 0.3) is 22.4 Å². The molecule has 11 nitrogen and oxygen atoms in total. The van der Waals surface area contributed by atoms with Gasteiger partial charge in [-0.05, 0) is 45.9 Å². The number of fused-ring (bicyclic) bond motifs is 6. The van der Waals surface area contributed by atoms with Gasteiger partial charge in [-0.2, -0.15) is 0 Å². The summed E-state index contributed by atoms with van der Waals surface area (Å²) in [6.45, 7) is 11.4. The highest BCUT2D eigenvalue weighted by molar-refractivity contribution is 5.77. The molecule has 0 amide bonds. The lowest BCUT2D eigenvalue weighted by molar-refractivity contribution is -0.158. The quantitative estimate of drug-likeness (QED) is 0.332. The van der Waals surface area contributed by atoms with Gasteiger partial charge in [0.15, 0.2) is 18.2 Å². The van der Waals surface area contributed by atoms with Crippen molar-refractivity contribution in [2.24, 2.45) is 0 Å². The maximum Gasteiger partial charge on any atom is 0.225 e. The second kappa shape index (κ2) is 10.1. The van der Waals surface area contributed by atoms with E-state index in [9.17, 15) is 4.79 Å². The summed E-state index contributed by atoms with van der Waals surface area (Å²) in [7, 11) is 0. The normalized spacial score (nSPS) is 23.0. The van der Waals surface area contributed by atoms with Crippen LogP contribution >= 0.6 is 0 Å².